The van der Waals surface area contributed by atoms with Gasteiger partial charge in [-0.25, -0.2) is 18.7 Å². The van der Waals surface area contributed by atoms with E-state index in [1.165, 1.54) is 83.3 Å². The fraction of sp³-hybridized carbons (Fsp3) is 0.484. The molecule has 0 radical (unpaired) electrons. The minimum absolute atomic E-state index is 0.00637. The van der Waals surface area contributed by atoms with E-state index in [4.69, 9.17) is 9.97 Å². The molecule has 82 heavy (non-hydrogen) atoms. The lowest BCUT2D eigenvalue weighted by Crippen LogP contribution is -2.54. The number of rotatable bonds is 21. The summed E-state index contributed by atoms with van der Waals surface area (Å²) in [6.07, 6.45) is 10.2. The molecular formula is C62H72F2N8O8S2. The second-order valence-electron chi connectivity index (χ2n) is 22.6. The number of amides is 5. The smallest absolute Gasteiger partial charge is 0.251 e. The molecule has 20 heteroatoms. The second kappa shape index (κ2) is 27.0. The maximum absolute atomic E-state index is 15.0. The highest BCUT2D eigenvalue weighted by molar-refractivity contribution is 7.10. The molecule has 3 aromatic carbocycles. The standard InChI is InChI=1S/C62H72F2N8O8S2/c1-5-35(2)56(76)70-53(38-14-10-7-11-15-38)62(80)72-32-46(29-51(72)60-69-49(34-82-60)55(75)40-22-26-44(64)27-23-40)67-58(78)42-18-16-41(17-19-42)57(77)66-45-28-50(59-68-48(33-81-59)54(74)39-20-24-43(63)25-21-39)71(31-45)61(79)47(30-52(73)36(3)65-4)37-12-8-6-9-13-37/h16-27,33-38,45-47,50-51,53,65H,5-15,28-32H2,1-4H3,(H,66,77)(H,67,78)(H,70,76)/t35-,36+,45+,46+,47+,50+,51+,53+/m1/s1. The van der Waals surface area contributed by atoms with Crippen LogP contribution in [0, 0.1) is 35.3 Å². The van der Waals surface area contributed by atoms with Crippen molar-refractivity contribution in [2.75, 3.05) is 20.1 Å². The second-order valence-corrected chi connectivity index (χ2v) is 24.4. The Kier molecular flexibility index (Phi) is 19.7. The third-order valence-corrected chi connectivity index (χ3v) is 19.1. The lowest BCUT2D eigenvalue weighted by molar-refractivity contribution is -0.141. The Balaban J connectivity index is 0.916. The molecule has 2 saturated heterocycles. The van der Waals surface area contributed by atoms with Gasteiger partial charge in [0.15, 0.2) is 0 Å². The molecule has 4 aliphatic rings. The number of nitrogens with one attached hydrogen (secondary N) is 4. The molecule has 0 spiro atoms. The molecule has 4 N–H and O–H groups in total. The number of halogens is 2. The molecular weight excluding hydrogens is 1090 g/mol. The zero-order chi connectivity index (χ0) is 58.2. The van der Waals surface area contributed by atoms with E-state index in [1.54, 1.807) is 46.7 Å². The maximum atomic E-state index is 15.0. The highest BCUT2D eigenvalue weighted by Gasteiger charge is 2.46. The summed E-state index contributed by atoms with van der Waals surface area (Å²) in [4.78, 5) is 125. The van der Waals surface area contributed by atoms with Gasteiger partial charge >= 0.3 is 0 Å². The third-order valence-electron chi connectivity index (χ3n) is 17.2. The first-order chi connectivity index (χ1) is 39.5. The van der Waals surface area contributed by atoms with Crippen molar-refractivity contribution < 1.29 is 47.1 Å². The van der Waals surface area contributed by atoms with Gasteiger partial charge in [0.25, 0.3) is 11.8 Å². The van der Waals surface area contributed by atoms with E-state index >= 15 is 4.79 Å². The zero-order valence-electron chi connectivity index (χ0n) is 46.8. The molecule has 0 bridgehead atoms. The highest BCUT2D eigenvalue weighted by atomic mass is 32.1. The minimum atomic E-state index is -0.803. The van der Waals surface area contributed by atoms with Gasteiger partial charge in [0, 0.05) is 76.4 Å². The molecule has 5 amide bonds. The fourth-order valence-electron chi connectivity index (χ4n) is 12.0. The summed E-state index contributed by atoms with van der Waals surface area (Å²) in [6.45, 7) is 5.75. The summed E-state index contributed by atoms with van der Waals surface area (Å²) < 4.78 is 27.5. The summed E-state index contributed by atoms with van der Waals surface area (Å²) in [5, 5.41) is 16.5. The Morgan fingerprint density at radius 1 is 0.598 bits per heavy atom. The lowest BCUT2D eigenvalue weighted by atomic mass is 9.76. The van der Waals surface area contributed by atoms with Crippen molar-refractivity contribution in [3.05, 3.63) is 139 Å². The Hall–Kier alpha value is -6.90. The number of benzene rings is 3. The average molecular weight is 1160 g/mol. The van der Waals surface area contributed by atoms with Gasteiger partial charge in [-0.3, -0.25) is 38.4 Å². The molecule has 8 atom stereocenters. The molecule has 5 aromatic rings. The first-order valence-corrected chi connectivity index (χ1v) is 30.6. The van der Waals surface area contributed by atoms with Crippen LogP contribution in [0.1, 0.15) is 186 Å². The third kappa shape index (κ3) is 13.9. The first-order valence-electron chi connectivity index (χ1n) is 28.8. The number of likely N-dealkylation sites (tertiary alicyclic amines) is 2. The van der Waals surface area contributed by atoms with Crippen molar-refractivity contribution in [3.8, 4) is 0 Å². The van der Waals surface area contributed by atoms with E-state index in [2.05, 4.69) is 21.3 Å². The van der Waals surface area contributed by atoms with E-state index < -0.39 is 77.2 Å². The number of nitrogens with zero attached hydrogens (tertiary/aromatic N) is 4. The molecule has 9 rings (SSSR count). The predicted octanol–water partition coefficient (Wildman–Crippen LogP) is 9.36. The van der Waals surface area contributed by atoms with E-state index in [1.807, 2.05) is 13.8 Å². The Morgan fingerprint density at radius 3 is 1.46 bits per heavy atom. The van der Waals surface area contributed by atoms with E-state index in [9.17, 15) is 42.3 Å². The van der Waals surface area contributed by atoms with E-state index in [-0.39, 0.29) is 107 Å². The average Bonchev–Trinajstić information content (AvgIpc) is 4.35. The van der Waals surface area contributed by atoms with Crippen LogP contribution in [0.5, 0.6) is 0 Å². The molecule has 16 nitrogen and oxygen atoms in total. The molecule has 0 unspecified atom stereocenters. The molecule has 2 aliphatic carbocycles. The number of ketones is 3. The maximum Gasteiger partial charge on any atom is 0.251 e. The molecule has 2 saturated carbocycles. The number of hydrogen-bond donors (Lipinski definition) is 4. The van der Waals surface area contributed by atoms with E-state index in [0.717, 1.165) is 64.2 Å². The molecule has 2 aromatic heterocycles. The van der Waals surface area contributed by atoms with Crippen LogP contribution in [0.2, 0.25) is 0 Å². The number of carbonyl (C=O) groups is 8. The van der Waals surface area contributed by atoms with Crippen LogP contribution in [-0.2, 0) is 19.2 Å². The molecule has 4 heterocycles. The van der Waals surface area contributed by atoms with Crippen molar-refractivity contribution in [1.82, 2.24) is 41.0 Å². The topological polar surface area (TPSA) is 217 Å². The van der Waals surface area contributed by atoms with Crippen LogP contribution >= 0.6 is 22.7 Å². The van der Waals surface area contributed by atoms with Crippen molar-refractivity contribution in [2.24, 2.45) is 23.7 Å². The van der Waals surface area contributed by atoms with Gasteiger partial charge in [0.1, 0.15) is 44.9 Å². The Morgan fingerprint density at radius 2 is 1.02 bits per heavy atom. The van der Waals surface area contributed by atoms with Crippen LogP contribution < -0.4 is 21.3 Å². The van der Waals surface area contributed by atoms with Crippen LogP contribution in [0.15, 0.2) is 83.6 Å². The summed E-state index contributed by atoms with van der Waals surface area (Å²) >= 11 is 2.44. The van der Waals surface area contributed by atoms with Crippen LogP contribution in [0.3, 0.4) is 0 Å². The fourth-order valence-corrected chi connectivity index (χ4v) is 13.9. The number of hydrogen-bond acceptors (Lipinski definition) is 13. The Bertz CT molecular complexity index is 2920. The minimum Gasteiger partial charge on any atom is -0.347 e. The van der Waals surface area contributed by atoms with Gasteiger partial charge in [0.2, 0.25) is 29.3 Å². The van der Waals surface area contributed by atoms with Crippen LogP contribution in [-0.4, -0.2) is 111 Å². The number of thiazole rings is 2. The summed E-state index contributed by atoms with van der Waals surface area (Å²) in [5.41, 5.74) is 1.31. The lowest BCUT2D eigenvalue weighted by Gasteiger charge is -2.35. The van der Waals surface area contributed by atoms with Gasteiger partial charge in [-0.2, -0.15) is 0 Å². The van der Waals surface area contributed by atoms with Gasteiger partial charge in [-0.05, 0) is 144 Å². The number of Topliss-reactive ketones (excluding diaryl/α,β-unsaturated/α-hetero) is 1. The summed E-state index contributed by atoms with van der Waals surface area (Å²) in [6, 6.07) is 12.9. The SMILES string of the molecule is CC[C@@H](C)C(=O)N[C@H](C(=O)N1C[C@@H](NC(=O)c2ccc(C(=O)N[C@H]3C[C@@H](c4nc(C(=O)c5ccc(F)cc5)cs4)N(C(=O)[C@@H](CC(=O)[C@H](C)NC)C4CCCCC4)C3)cc2)C[C@H]1c1nc(C(=O)c2ccc(F)cc2)cs1)C1CCCCC1. The van der Waals surface area contributed by atoms with Crippen molar-refractivity contribution >= 4 is 69.6 Å². The molecule has 4 fully saturated rings. The summed E-state index contributed by atoms with van der Waals surface area (Å²) in [7, 11) is 1.71. The van der Waals surface area contributed by atoms with Gasteiger partial charge in [0.05, 0.1) is 18.1 Å². The molecule has 434 valence electrons. The van der Waals surface area contributed by atoms with Gasteiger partial charge < -0.3 is 31.1 Å². The van der Waals surface area contributed by atoms with E-state index in [0.29, 0.717) is 16.4 Å². The van der Waals surface area contributed by atoms with Crippen molar-refractivity contribution in [3.63, 3.8) is 0 Å². The van der Waals surface area contributed by atoms with Crippen LogP contribution in [0.25, 0.3) is 0 Å². The quantitative estimate of drug-likeness (QED) is 0.0508. The number of aromatic nitrogens is 2. The van der Waals surface area contributed by atoms with Crippen LogP contribution in [0.4, 0.5) is 8.78 Å². The van der Waals surface area contributed by atoms with Gasteiger partial charge in [-0.1, -0.05) is 52.4 Å². The zero-order valence-corrected chi connectivity index (χ0v) is 48.4. The monoisotopic (exact) mass is 1160 g/mol. The van der Waals surface area contributed by atoms with Gasteiger partial charge in [-0.15, -0.1) is 22.7 Å². The first kappa shape index (κ1) is 59.7. The van der Waals surface area contributed by atoms with Crippen molar-refractivity contribution in [1.29, 1.82) is 0 Å². The highest BCUT2D eigenvalue weighted by Crippen LogP contribution is 2.41. The molecule has 2 aliphatic heterocycles. The normalized spacial score (nSPS) is 21.0. The Labute approximate surface area is 485 Å². The summed E-state index contributed by atoms with van der Waals surface area (Å²) in [5.74, 6) is -4.42. The number of carbonyl (C=O) groups excluding carboxylic acids is 8. The van der Waals surface area contributed by atoms with Crippen molar-refractivity contribution in [2.45, 2.75) is 147 Å². The number of likely N-dealkylation sites (N-methyl/N-ethyl adjacent to an activating group) is 1. The largest absolute Gasteiger partial charge is 0.347 e. The predicted molar refractivity (Wildman–Crippen MR) is 307 cm³/mol.